The quantitative estimate of drug-likeness (QED) is 0.524. The highest BCUT2D eigenvalue weighted by atomic mass is 79.9. The van der Waals surface area contributed by atoms with Gasteiger partial charge < -0.3 is 0 Å². The summed E-state index contributed by atoms with van der Waals surface area (Å²) in [4.78, 5) is 0. The molecule has 3 aliphatic rings. The predicted molar refractivity (Wildman–Crippen MR) is 44.8 cm³/mol. The van der Waals surface area contributed by atoms with E-state index in [1.54, 1.807) is 5.57 Å². The van der Waals surface area contributed by atoms with Crippen LogP contribution in [0.25, 0.3) is 0 Å². The number of allylic oxidation sites excluding steroid dienone is 4. The van der Waals surface area contributed by atoms with Crippen molar-refractivity contribution in [2.45, 2.75) is 12.8 Å². The first kappa shape index (κ1) is 5.59. The summed E-state index contributed by atoms with van der Waals surface area (Å²) in [5, 5.41) is 0. The van der Waals surface area contributed by atoms with Crippen LogP contribution in [0.1, 0.15) is 12.8 Å². The number of hydrogen-bond donors (Lipinski definition) is 0. The van der Waals surface area contributed by atoms with Crippen LogP contribution in [-0.2, 0) is 0 Å². The second kappa shape index (κ2) is 1.58. The number of fused-ring (bicyclic) bond motifs is 4. The average Bonchev–Trinajstić information content (AvgIpc) is 2.61. The highest BCUT2D eigenvalue weighted by Gasteiger charge is 2.45. The molecule has 0 aliphatic heterocycles. The second-order valence-corrected chi connectivity index (χ2v) is 4.43. The van der Waals surface area contributed by atoms with E-state index in [9.17, 15) is 0 Å². The zero-order valence-electron chi connectivity index (χ0n) is 5.68. The number of halogens is 1. The van der Waals surface area contributed by atoms with Gasteiger partial charge in [-0.05, 0) is 24.7 Å². The Morgan fingerprint density at radius 1 is 1.40 bits per heavy atom. The molecule has 0 aromatic carbocycles. The lowest BCUT2D eigenvalue weighted by atomic mass is 9.94. The Morgan fingerprint density at radius 2 is 2.30 bits per heavy atom. The van der Waals surface area contributed by atoms with Crippen LogP contribution in [0.15, 0.2) is 22.2 Å². The second-order valence-electron chi connectivity index (χ2n) is 3.57. The van der Waals surface area contributed by atoms with E-state index in [0.29, 0.717) is 0 Å². The van der Waals surface area contributed by atoms with Gasteiger partial charge in [-0.25, -0.2) is 0 Å². The van der Waals surface area contributed by atoms with Crippen molar-refractivity contribution in [2.75, 3.05) is 0 Å². The van der Waals surface area contributed by atoms with Crippen molar-refractivity contribution in [1.29, 1.82) is 0 Å². The standard InChI is InChI=1S/C9H9Br/c10-9-6-2-1-5(3-6)7-4-8(7)9/h1-2,5-7H,3-4H2/t5-,6+,7?/m1/s1. The molecule has 2 bridgehead atoms. The summed E-state index contributed by atoms with van der Waals surface area (Å²) < 4.78 is 1.52. The van der Waals surface area contributed by atoms with Gasteiger partial charge in [-0.1, -0.05) is 33.7 Å². The van der Waals surface area contributed by atoms with E-state index >= 15 is 0 Å². The maximum Gasteiger partial charge on any atom is 0.00897 e. The van der Waals surface area contributed by atoms with Gasteiger partial charge in [0.2, 0.25) is 0 Å². The van der Waals surface area contributed by atoms with E-state index in [-0.39, 0.29) is 0 Å². The van der Waals surface area contributed by atoms with E-state index < -0.39 is 0 Å². The highest BCUT2D eigenvalue weighted by molar-refractivity contribution is 9.11. The summed E-state index contributed by atoms with van der Waals surface area (Å²) >= 11 is 3.68. The van der Waals surface area contributed by atoms with Crippen LogP contribution in [0, 0.1) is 17.8 Å². The molecule has 1 heteroatoms. The van der Waals surface area contributed by atoms with Crippen LogP contribution in [-0.4, -0.2) is 0 Å². The highest BCUT2D eigenvalue weighted by Crippen LogP contribution is 2.58. The maximum atomic E-state index is 3.68. The summed E-state index contributed by atoms with van der Waals surface area (Å²) in [6, 6.07) is 0. The minimum atomic E-state index is 0.763. The van der Waals surface area contributed by atoms with E-state index in [4.69, 9.17) is 0 Å². The Morgan fingerprint density at radius 3 is 3.20 bits per heavy atom. The van der Waals surface area contributed by atoms with Crippen LogP contribution < -0.4 is 0 Å². The molecule has 0 spiro atoms. The monoisotopic (exact) mass is 196 g/mol. The summed E-state index contributed by atoms with van der Waals surface area (Å²) in [6.45, 7) is 0. The first-order chi connectivity index (χ1) is 4.86. The van der Waals surface area contributed by atoms with Crippen molar-refractivity contribution in [2.24, 2.45) is 17.8 Å². The molecule has 3 rings (SSSR count). The minimum absolute atomic E-state index is 0.763. The SMILES string of the molecule is BrC1=C2CC2[C@@H]2C=C[C@H]1C2. The van der Waals surface area contributed by atoms with Gasteiger partial charge in [-0.15, -0.1) is 0 Å². The number of hydrogen-bond acceptors (Lipinski definition) is 0. The molecule has 10 heavy (non-hydrogen) atoms. The predicted octanol–water partition coefficient (Wildman–Crippen LogP) is 2.86. The fourth-order valence-electron chi connectivity index (χ4n) is 2.31. The van der Waals surface area contributed by atoms with Gasteiger partial charge in [0.15, 0.2) is 0 Å². The van der Waals surface area contributed by atoms with Crippen LogP contribution in [0.4, 0.5) is 0 Å². The molecule has 0 aromatic heterocycles. The van der Waals surface area contributed by atoms with Gasteiger partial charge in [0, 0.05) is 10.4 Å². The molecule has 0 N–H and O–H groups in total. The fourth-order valence-corrected chi connectivity index (χ4v) is 3.11. The van der Waals surface area contributed by atoms with Gasteiger partial charge in [0.05, 0.1) is 0 Å². The van der Waals surface area contributed by atoms with Crippen LogP contribution in [0.2, 0.25) is 0 Å². The first-order valence-electron chi connectivity index (χ1n) is 3.93. The minimum Gasteiger partial charge on any atom is -0.0841 e. The normalized spacial score (nSPS) is 47.9. The van der Waals surface area contributed by atoms with Crippen LogP contribution >= 0.6 is 15.9 Å². The van der Waals surface area contributed by atoms with Gasteiger partial charge in [-0.3, -0.25) is 0 Å². The fraction of sp³-hybridized carbons (Fsp3) is 0.556. The molecule has 0 heterocycles. The molecule has 0 aromatic rings. The summed E-state index contributed by atoms with van der Waals surface area (Å²) in [6.07, 6.45) is 7.55. The maximum absolute atomic E-state index is 3.68. The Balaban J connectivity index is 2.14. The molecule has 1 fully saturated rings. The molecule has 0 nitrogen and oxygen atoms in total. The Kier molecular flexibility index (Phi) is 0.883. The molecular weight excluding hydrogens is 188 g/mol. The zero-order chi connectivity index (χ0) is 6.72. The molecule has 3 atom stereocenters. The third-order valence-electron chi connectivity index (χ3n) is 2.99. The molecule has 0 amide bonds. The molecule has 0 saturated heterocycles. The Hall–Kier alpha value is -0.0400. The molecule has 52 valence electrons. The molecule has 0 radical (unpaired) electrons. The van der Waals surface area contributed by atoms with Gasteiger partial charge in [-0.2, -0.15) is 0 Å². The molecule has 1 saturated carbocycles. The largest absolute Gasteiger partial charge is 0.0841 e. The van der Waals surface area contributed by atoms with Gasteiger partial charge in [0.1, 0.15) is 0 Å². The Bertz CT molecular complexity index is 249. The van der Waals surface area contributed by atoms with E-state index in [0.717, 1.165) is 17.8 Å². The third kappa shape index (κ3) is 0.531. The van der Waals surface area contributed by atoms with E-state index in [1.807, 2.05) is 0 Å². The van der Waals surface area contributed by atoms with Crippen molar-refractivity contribution in [1.82, 2.24) is 0 Å². The zero-order valence-corrected chi connectivity index (χ0v) is 7.26. The lowest BCUT2D eigenvalue weighted by Crippen LogP contribution is -2.04. The smallest absolute Gasteiger partial charge is 0.00897 e. The van der Waals surface area contributed by atoms with E-state index in [2.05, 4.69) is 28.1 Å². The van der Waals surface area contributed by atoms with Crippen LogP contribution in [0.3, 0.4) is 0 Å². The first-order valence-corrected chi connectivity index (χ1v) is 4.72. The third-order valence-corrected chi connectivity index (χ3v) is 4.09. The summed E-state index contributed by atoms with van der Waals surface area (Å²) in [7, 11) is 0. The molecular formula is C9H9Br. The summed E-state index contributed by atoms with van der Waals surface area (Å²) in [5.41, 5.74) is 1.71. The topological polar surface area (TPSA) is 0 Å². The van der Waals surface area contributed by atoms with Crippen molar-refractivity contribution >= 4 is 15.9 Å². The van der Waals surface area contributed by atoms with Crippen molar-refractivity contribution < 1.29 is 0 Å². The Labute approximate surface area is 69.1 Å². The van der Waals surface area contributed by atoms with Crippen molar-refractivity contribution in [3.63, 3.8) is 0 Å². The average molecular weight is 197 g/mol. The lowest BCUT2D eigenvalue weighted by Gasteiger charge is -2.15. The molecule has 3 aliphatic carbocycles. The number of rotatable bonds is 0. The summed E-state index contributed by atoms with van der Waals surface area (Å²) in [5.74, 6) is 2.63. The van der Waals surface area contributed by atoms with Gasteiger partial charge in [0.25, 0.3) is 0 Å². The van der Waals surface area contributed by atoms with Crippen molar-refractivity contribution in [3.05, 3.63) is 22.2 Å². The lowest BCUT2D eigenvalue weighted by molar-refractivity contribution is 0.513. The van der Waals surface area contributed by atoms with Crippen LogP contribution in [0.5, 0.6) is 0 Å². The van der Waals surface area contributed by atoms with Gasteiger partial charge >= 0.3 is 0 Å². The van der Waals surface area contributed by atoms with E-state index in [1.165, 1.54) is 17.3 Å². The molecule has 1 unspecified atom stereocenters. The van der Waals surface area contributed by atoms with Crippen molar-refractivity contribution in [3.8, 4) is 0 Å².